The maximum atomic E-state index is 13.3. The average Bonchev–Trinajstić information content (AvgIpc) is 3.27. The molecule has 2 N–H and O–H groups in total. The minimum atomic E-state index is -0.767. The van der Waals surface area contributed by atoms with Crippen molar-refractivity contribution in [2.75, 3.05) is 18.0 Å². The van der Waals surface area contributed by atoms with Crippen molar-refractivity contribution in [1.29, 1.82) is 0 Å². The summed E-state index contributed by atoms with van der Waals surface area (Å²) in [5.74, 6) is 0.0176. The fraction of sp³-hybridized carbons (Fsp3) is 0.227. The Bertz CT molecular complexity index is 1020. The van der Waals surface area contributed by atoms with Gasteiger partial charge in [0.25, 0.3) is 11.8 Å². The fourth-order valence-corrected chi connectivity index (χ4v) is 3.26. The number of nitrogens with one attached hydrogen (secondary N) is 2. The van der Waals surface area contributed by atoms with Gasteiger partial charge in [-0.3, -0.25) is 19.6 Å². The van der Waals surface area contributed by atoms with Crippen LogP contribution in [0.25, 0.3) is 11.3 Å². The molecule has 29 heavy (non-hydrogen) atoms. The first kappa shape index (κ1) is 18.7. The number of nitrogens with zero attached hydrogens (tertiary/aromatic N) is 2. The van der Waals surface area contributed by atoms with Gasteiger partial charge >= 0.3 is 0 Å². The van der Waals surface area contributed by atoms with Crippen molar-refractivity contribution in [2.45, 2.75) is 19.4 Å². The SMILES string of the molecule is CCCNC(=O)[C@@H]1CN(C(=O)c2cc(-c3ccccc3)n[nH]2)c2ccccc2O1. The topological polar surface area (TPSA) is 87.3 Å². The van der Waals surface area contributed by atoms with E-state index in [0.29, 0.717) is 29.4 Å². The molecule has 0 bridgehead atoms. The Labute approximate surface area is 168 Å². The van der Waals surface area contributed by atoms with Gasteiger partial charge in [0, 0.05) is 12.1 Å². The number of amides is 2. The zero-order valence-electron chi connectivity index (χ0n) is 16.1. The third-order valence-electron chi connectivity index (χ3n) is 4.74. The van der Waals surface area contributed by atoms with Gasteiger partial charge in [0.2, 0.25) is 0 Å². The number of ether oxygens (including phenoxy) is 1. The Kier molecular flexibility index (Phi) is 5.29. The van der Waals surface area contributed by atoms with Crippen LogP contribution in [0.2, 0.25) is 0 Å². The second-order valence-corrected chi connectivity index (χ2v) is 6.81. The zero-order chi connectivity index (χ0) is 20.2. The van der Waals surface area contributed by atoms with Gasteiger partial charge in [-0.15, -0.1) is 0 Å². The van der Waals surface area contributed by atoms with Crippen LogP contribution in [0.3, 0.4) is 0 Å². The first-order valence-corrected chi connectivity index (χ1v) is 9.63. The number of fused-ring (bicyclic) bond motifs is 1. The minimum Gasteiger partial charge on any atom is -0.477 e. The molecule has 1 aromatic heterocycles. The van der Waals surface area contributed by atoms with E-state index in [1.54, 1.807) is 17.0 Å². The molecule has 0 aliphatic carbocycles. The molecule has 148 valence electrons. The van der Waals surface area contributed by atoms with Crippen molar-refractivity contribution < 1.29 is 14.3 Å². The summed E-state index contributed by atoms with van der Waals surface area (Å²) in [6.07, 6.45) is 0.0607. The Morgan fingerprint density at radius 3 is 2.72 bits per heavy atom. The maximum Gasteiger partial charge on any atom is 0.276 e. The van der Waals surface area contributed by atoms with E-state index in [4.69, 9.17) is 4.74 Å². The molecule has 1 aliphatic rings. The van der Waals surface area contributed by atoms with Crippen LogP contribution in [-0.4, -0.2) is 41.2 Å². The highest BCUT2D eigenvalue weighted by Crippen LogP contribution is 2.34. The van der Waals surface area contributed by atoms with Crippen LogP contribution in [0.5, 0.6) is 5.75 Å². The van der Waals surface area contributed by atoms with E-state index < -0.39 is 6.10 Å². The molecular weight excluding hydrogens is 368 g/mol. The predicted molar refractivity (Wildman–Crippen MR) is 110 cm³/mol. The molecule has 3 aromatic rings. The second-order valence-electron chi connectivity index (χ2n) is 6.81. The third-order valence-corrected chi connectivity index (χ3v) is 4.74. The summed E-state index contributed by atoms with van der Waals surface area (Å²) in [6.45, 7) is 2.68. The molecule has 7 heteroatoms. The van der Waals surface area contributed by atoms with Crippen LogP contribution in [0, 0.1) is 0 Å². The van der Waals surface area contributed by atoms with Gasteiger partial charge in [0.15, 0.2) is 6.10 Å². The Hall–Kier alpha value is -3.61. The van der Waals surface area contributed by atoms with E-state index in [2.05, 4.69) is 15.5 Å². The summed E-state index contributed by atoms with van der Waals surface area (Å²) in [7, 11) is 0. The summed E-state index contributed by atoms with van der Waals surface area (Å²) in [4.78, 5) is 27.3. The highest BCUT2D eigenvalue weighted by atomic mass is 16.5. The first-order valence-electron chi connectivity index (χ1n) is 9.63. The number of H-pyrrole nitrogens is 1. The van der Waals surface area contributed by atoms with Crippen molar-refractivity contribution >= 4 is 17.5 Å². The van der Waals surface area contributed by atoms with E-state index >= 15 is 0 Å². The van der Waals surface area contributed by atoms with E-state index in [0.717, 1.165) is 12.0 Å². The van der Waals surface area contributed by atoms with E-state index in [1.165, 1.54) is 0 Å². The Morgan fingerprint density at radius 1 is 1.17 bits per heavy atom. The standard InChI is InChI=1S/C22H22N4O3/c1-2-12-23-21(27)20-14-26(18-10-6-7-11-19(18)29-20)22(28)17-13-16(24-25-17)15-8-4-3-5-9-15/h3-11,13,20H,2,12,14H2,1H3,(H,23,27)(H,24,25)/t20-/m0/s1. The monoisotopic (exact) mass is 390 g/mol. The largest absolute Gasteiger partial charge is 0.477 e. The molecule has 2 heterocycles. The van der Waals surface area contributed by atoms with E-state index in [9.17, 15) is 9.59 Å². The number of benzene rings is 2. The molecule has 2 amide bonds. The molecule has 2 aromatic carbocycles. The highest BCUT2D eigenvalue weighted by Gasteiger charge is 2.34. The second kappa shape index (κ2) is 8.18. The maximum absolute atomic E-state index is 13.3. The van der Waals surface area contributed by atoms with Crippen molar-refractivity contribution in [3.05, 3.63) is 66.4 Å². The molecule has 1 atom stereocenters. The van der Waals surface area contributed by atoms with E-state index in [-0.39, 0.29) is 18.4 Å². The van der Waals surface area contributed by atoms with Crippen LogP contribution in [0.15, 0.2) is 60.7 Å². The van der Waals surface area contributed by atoms with Gasteiger partial charge in [-0.1, -0.05) is 49.4 Å². The number of para-hydroxylation sites is 2. The number of anilines is 1. The fourth-order valence-electron chi connectivity index (χ4n) is 3.26. The number of hydrogen-bond donors (Lipinski definition) is 2. The van der Waals surface area contributed by atoms with Crippen molar-refractivity contribution in [1.82, 2.24) is 15.5 Å². The molecule has 0 saturated heterocycles. The Morgan fingerprint density at radius 2 is 1.93 bits per heavy atom. The van der Waals surface area contributed by atoms with Gasteiger partial charge in [0.1, 0.15) is 11.4 Å². The summed E-state index contributed by atoms with van der Waals surface area (Å²) in [6, 6.07) is 18.6. The van der Waals surface area contributed by atoms with Gasteiger partial charge in [0.05, 0.1) is 17.9 Å². The van der Waals surface area contributed by atoms with Crippen LogP contribution in [-0.2, 0) is 4.79 Å². The molecule has 0 saturated carbocycles. The number of aromatic nitrogens is 2. The van der Waals surface area contributed by atoms with Crippen LogP contribution in [0.1, 0.15) is 23.8 Å². The van der Waals surface area contributed by atoms with E-state index in [1.807, 2.05) is 55.5 Å². The first-order chi connectivity index (χ1) is 14.2. The normalized spacial score (nSPS) is 15.3. The van der Waals surface area contributed by atoms with Crippen molar-refractivity contribution in [2.24, 2.45) is 0 Å². The lowest BCUT2D eigenvalue weighted by Crippen LogP contribution is -2.51. The lowest BCUT2D eigenvalue weighted by molar-refractivity contribution is -0.127. The van der Waals surface area contributed by atoms with Gasteiger partial charge < -0.3 is 10.1 Å². The predicted octanol–water partition coefficient (Wildman–Crippen LogP) is 3.01. The number of hydrogen-bond acceptors (Lipinski definition) is 4. The Balaban J connectivity index is 1.61. The average molecular weight is 390 g/mol. The number of carbonyl (C=O) groups is 2. The molecule has 1 aliphatic heterocycles. The number of carbonyl (C=O) groups excluding carboxylic acids is 2. The molecule has 0 fully saturated rings. The minimum absolute atomic E-state index is 0.130. The summed E-state index contributed by atoms with van der Waals surface area (Å²) in [5, 5.41) is 9.93. The number of aromatic amines is 1. The van der Waals surface area contributed by atoms with Crippen LogP contribution >= 0.6 is 0 Å². The summed E-state index contributed by atoms with van der Waals surface area (Å²) in [5.41, 5.74) is 2.59. The molecule has 7 nitrogen and oxygen atoms in total. The van der Waals surface area contributed by atoms with Gasteiger partial charge in [-0.25, -0.2) is 0 Å². The third kappa shape index (κ3) is 3.85. The quantitative estimate of drug-likeness (QED) is 0.701. The van der Waals surface area contributed by atoms with Gasteiger partial charge in [-0.05, 0) is 24.6 Å². The molecule has 0 unspecified atom stereocenters. The lowest BCUT2D eigenvalue weighted by Gasteiger charge is -2.33. The van der Waals surface area contributed by atoms with Crippen LogP contribution < -0.4 is 15.0 Å². The lowest BCUT2D eigenvalue weighted by atomic mass is 10.1. The summed E-state index contributed by atoms with van der Waals surface area (Å²) < 4.78 is 5.85. The van der Waals surface area contributed by atoms with Gasteiger partial charge in [-0.2, -0.15) is 5.10 Å². The smallest absolute Gasteiger partial charge is 0.276 e. The molecule has 4 rings (SSSR count). The molecule has 0 radical (unpaired) electrons. The van der Waals surface area contributed by atoms with Crippen LogP contribution in [0.4, 0.5) is 5.69 Å². The number of rotatable bonds is 5. The zero-order valence-corrected chi connectivity index (χ0v) is 16.1. The van der Waals surface area contributed by atoms with Crippen molar-refractivity contribution in [3.8, 4) is 17.0 Å². The van der Waals surface area contributed by atoms with Crippen molar-refractivity contribution in [3.63, 3.8) is 0 Å². The molecule has 0 spiro atoms. The summed E-state index contributed by atoms with van der Waals surface area (Å²) >= 11 is 0. The molecular formula is C22H22N4O3. The highest BCUT2D eigenvalue weighted by molar-refractivity contribution is 6.07.